The minimum absolute atomic E-state index is 0.0322. The van der Waals surface area contributed by atoms with Gasteiger partial charge in [-0.15, -0.1) is 0 Å². The van der Waals surface area contributed by atoms with Crippen LogP contribution in [0.5, 0.6) is 11.5 Å². The van der Waals surface area contributed by atoms with E-state index in [-0.39, 0.29) is 24.6 Å². The molecular formula is C26H31N3O4. The first-order valence-corrected chi connectivity index (χ1v) is 11.9. The third-order valence-electron chi connectivity index (χ3n) is 7.01. The third kappa shape index (κ3) is 4.98. The van der Waals surface area contributed by atoms with Crippen LogP contribution in [-0.4, -0.2) is 60.6 Å². The van der Waals surface area contributed by atoms with E-state index in [0.29, 0.717) is 36.9 Å². The van der Waals surface area contributed by atoms with Gasteiger partial charge >= 0.3 is 0 Å². The van der Waals surface area contributed by atoms with Gasteiger partial charge in [0.1, 0.15) is 0 Å². The van der Waals surface area contributed by atoms with Gasteiger partial charge in [0.2, 0.25) is 18.6 Å². The number of nitrogens with one attached hydrogen (secondary N) is 1. The van der Waals surface area contributed by atoms with Gasteiger partial charge in [-0.25, -0.2) is 0 Å². The molecule has 2 aromatic rings. The number of anilines is 1. The van der Waals surface area contributed by atoms with E-state index in [1.54, 1.807) is 0 Å². The Morgan fingerprint density at radius 2 is 1.67 bits per heavy atom. The molecule has 2 aliphatic heterocycles. The van der Waals surface area contributed by atoms with Gasteiger partial charge < -0.3 is 19.7 Å². The monoisotopic (exact) mass is 449 g/mol. The van der Waals surface area contributed by atoms with E-state index in [9.17, 15) is 9.59 Å². The van der Waals surface area contributed by atoms with Crippen LogP contribution < -0.4 is 14.8 Å². The molecule has 2 aromatic carbocycles. The summed E-state index contributed by atoms with van der Waals surface area (Å²) in [5, 5.41) is 3.12. The van der Waals surface area contributed by atoms with Crippen molar-refractivity contribution >= 4 is 17.5 Å². The van der Waals surface area contributed by atoms with Gasteiger partial charge in [-0.2, -0.15) is 0 Å². The highest BCUT2D eigenvalue weighted by molar-refractivity contribution is 5.95. The predicted molar refractivity (Wildman–Crippen MR) is 125 cm³/mol. The molecule has 1 atom stereocenters. The van der Waals surface area contributed by atoms with Crippen molar-refractivity contribution in [3.05, 3.63) is 54.1 Å². The van der Waals surface area contributed by atoms with Crippen LogP contribution in [0, 0.1) is 5.92 Å². The standard InChI is InChI=1S/C26H31N3O4/c30-24(16-19-6-2-1-3-7-19)28-12-14-29(15-13-28)25(20-8-4-5-9-20)26(31)27-21-10-11-22-23(17-21)33-18-32-22/h1-3,6-7,10-11,17,20,25H,4-5,8-9,12-16,18H2,(H,27,31). The number of ether oxygens (including phenoxy) is 2. The zero-order valence-corrected chi connectivity index (χ0v) is 18.9. The number of hydrogen-bond donors (Lipinski definition) is 1. The molecule has 3 aliphatic rings. The van der Waals surface area contributed by atoms with E-state index in [1.165, 1.54) is 12.8 Å². The fourth-order valence-electron chi connectivity index (χ4n) is 5.27. The van der Waals surface area contributed by atoms with E-state index in [2.05, 4.69) is 10.2 Å². The second-order valence-electron chi connectivity index (χ2n) is 9.13. The lowest BCUT2D eigenvalue weighted by Crippen LogP contribution is -2.57. The summed E-state index contributed by atoms with van der Waals surface area (Å²) >= 11 is 0. The van der Waals surface area contributed by atoms with E-state index < -0.39 is 0 Å². The van der Waals surface area contributed by atoms with E-state index in [0.717, 1.165) is 37.2 Å². The number of carbonyl (C=O) groups excluding carboxylic acids is 2. The molecule has 1 unspecified atom stereocenters. The van der Waals surface area contributed by atoms with Gasteiger partial charge in [0.05, 0.1) is 12.5 Å². The van der Waals surface area contributed by atoms with Crippen molar-refractivity contribution in [3.63, 3.8) is 0 Å². The third-order valence-corrected chi connectivity index (χ3v) is 7.01. The lowest BCUT2D eigenvalue weighted by molar-refractivity contribution is -0.133. The van der Waals surface area contributed by atoms with Crippen LogP contribution >= 0.6 is 0 Å². The molecule has 33 heavy (non-hydrogen) atoms. The Morgan fingerprint density at radius 3 is 2.42 bits per heavy atom. The fourth-order valence-corrected chi connectivity index (χ4v) is 5.27. The van der Waals surface area contributed by atoms with Gasteiger partial charge in [-0.1, -0.05) is 43.2 Å². The molecule has 1 saturated carbocycles. The molecule has 2 fully saturated rings. The van der Waals surface area contributed by atoms with E-state index in [1.807, 2.05) is 53.4 Å². The Bertz CT molecular complexity index is 982. The average molecular weight is 450 g/mol. The zero-order chi connectivity index (χ0) is 22.6. The first-order chi connectivity index (χ1) is 16.2. The second-order valence-corrected chi connectivity index (χ2v) is 9.13. The molecule has 5 rings (SSSR count). The van der Waals surface area contributed by atoms with Gasteiger partial charge in [0.15, 0.2) is 11.5 Å². The molecule has 0 aromatic heterocycles. The molecule has 174 valence electrons. The van der Waals surface area contributed by atoms with Crippen molar-refractivity contribution in [1.82, 2.24) is 9.80 Å². The van der Waals surface area contributed by atoms with Gasteiger partial charge in [-0.3, -0.25) is 14.5 Å². The molecule has 1 aliphatic carbocycles. The SMILES string of the molecule is O=C(Nc1ccc2c(c1)OCO2)C(C1CCCC1)N1CCN(C(=O)Cc2ccccc2)CC1. The van der Waals surface area contributed by atoms with Crippen molar-refractivity contribution in [2.75, 3.05) is 38.3 Å². The highest BCUT2D eigenvalue weighted by Crippen LogP contribution is 2.35. The summed E-state index contributed by atoms with van der Waals surface area (Å²) < 4.78 is 10.8. The number of carbonyl (C=O) groups is 2. The van der Waals surface area contributed by atoms with Gasteiger partial charge in [-0.05, 0) is 36.5 Å². The van der Waals surface area contributed by atoms with Crippen LogP contribution in [0.15, 0.2) is 48.5 Å². The number of amides is 2. The number of rotatable bonds is 6. The maximum atomic E-state index is 13.5. The van der Waals surface area contributed by atoms with Crippen LogP contribution in [0.2, 0.25) is 0 Å². The number of benzene rings is 2. The normalized spacial score (nSPS) is 19.5. The Labute approximate surface area is 194 Å². The Balaban J connectivity index is 1.23. The molecule has 7 heteroatoms. The van der Waals surface area contributed by atoms with E-state index in [4.69, 9.17) is 9.47 Å². The van der Waals surface area contributed by atoms with Crippen LogP contribution in [0.25, 0.3) is 0 Å². The van der Waals surface area contributed by atoms with Crippen molar-refractivity contribution < 1.29 is 19.1 Å². The zero-order valence-electron chi connectivity index (χ0n) is 18.9. The highest BCUT2D eigenvalue weighted by Gasteiger charge is 2.37. The molecule has 0 spiro atoms. The summed E-state index contributed by atoms with van der Waals surface area (Å²) in [4.78, 5) is 30.4. The topological polar surface area (TPSA) is 71.1 Å². The first-order valence-electron chi connectivity index (χ1n) is 11.9. The lowest BCUT2D eigenvalue weighted by atomic mass is 9.94. The molecule has 2 amide bonds. The highest BCUT2D eigenvalue weighted by atomic mass is 16.7. The smallest absolute Gasteiger partial charge is 0.242 e. The van der Waals surface area contributed by atoms with Crippen molar-refractivity contribution in [2.24, 2.45) is 5.92 Å². The molecule has 1 N–H and O–H groups in total. The summed E-state index contributed by atoms with van der Waals surface area (Å²) in [6, 6.07) is 15.2. The van der Waals surface area contributed by atoms with Crippen molar-refractivity contribution in [1.29, 1.82) is 0 Å². The summed E-state index contributed by atoms with van der Waals surface area (Å²) in [6.07, 6.45) is 4.93. The molecule has 0 bridgehead atoms. The van der Waals surface area contributed by atoms with Gasteiger partial charge in [0.25, 0.3) is 0 Å². The maximum Gasteiger partial charge on any atom is 0.242 e. The molecule has 7 nitrogen and oxygen atoms in total. The molecule has 1 saturated heterocycles. The summed E-state index contributed by atoms with van der Waals surface area (Å²) in [6.45, 7) is 2.97. The average Bonchev–Trinajstić information content (AvgIpc) is 3.52. The van der Waals surface area contributed by atoms with Crippen LogP contribution in [0.4, 0.5) is 5.69 Å². The molecule has 2 heterocycles. The number of fused-ring (bicyclic) bond motifs is 1. The first kappa shape index (κ1) is 21.8. The Kier molecular flexibility index (Phi) is 6.48. The minimum Gasteiger partial charge on any atom is -0.454 e. The quantitative estimate of drug-likeness (QED) is 0.733. The fraction of sp³-hybridized carbons (Fsp3) is 0.462. The Hall–Kier alpha value is -3.06. The second kappa shape index (κ2) is 9.83. The Morgan fingerprint density at radius 1 is 0.939 bits per heavy atom. The van der Waals surface area contributed by atoms with Crippen LogP contribution in [0.1, 0.15) is 31.2 Å². The summed E-state index contributed by atoms with van der Waals surface area (Å²) in [5.41, 5.74) is 1.76. The number of hydrogen-bond acceptors (Lipinski definition) is 5. The van der Waals surface area contributed by atoms with Gasteiger partial charge in [0, 0.05) is 37.9 Å². The predicted octanol–water partition coefficient (Wildman–Crippen LogP) is 3.30. The van der Waals surface area contributed by atoms with Crippen molar-refractivity contribution in [3.8, 4) is 11.5 Å². The number of piperazine rings is 1. The molecule has 0 radical (unpaired) electrons. The van der Waals surface area contributed by atoms with Crippen LogP contribution in [0.3, 0.4) is 0 Å². The summed E-state index contributed by atoms with van der Waals surface area (Å²) in [5.74, 6) is 1.91. The number of nitrogens with zero attached hydrogens (tertiary/aromatic N) is 2. The largest absolute Gasteiger partial charge is 0.454 e. The van der Waals surface area contributed by atoms with Crippen molar-refractivity contribution in [2.45, 2.75) is 38.1 Å². The molecular weight excluding hydrogens is 418 g/mol. The van der Waals surface area contributed by atoms with E-state index >= 15 is 0 Å². The maximum absolute atomic E-state index is 13.5. The lowest BCUT2D eigenvalue weighted by Gasteiger charge is -2.40. The summed E-state index contributed by atoms with van der Waals surface area (Å²) in [7, 11) is 0. The minimum atomic E-state index is -0.177. The van der Waals surface area contributed by atoms with Crippen LogP contribution in [-0.2, 0) is 16.0 Å².